The fourth-order valence-electron chi connectivity index (χ4n) is 3.21. The Morgan fingerprint density at radius 3 is 2.52 bits per heavy atom. The second-order valence-corrected chi connectivity index (χ2v) is 5.68. The molecular formula is C15H24N2O4. The number of nitrogens with zero attached hydrogens (tertiary/aromatic N) is 2. The van der Waals surface area contributed by atoms with Crippen molar-refractivity contribution in [3.8, 4) is 0 Å². The van der Waals surface area contributed by atoms with Gasteiger partial charge in [0.2, 0.25) is 0 Å². The number of carbonyl (C=O) groups excluding carboxylic acids is 3. The van der Waals surface area contributed by atoms with Gasteiger partial charge in [-0.2, -0.15) is 0 Å². The first-order valence-corrected chi connectivity index (χ1v) is 7.80. The van der Waals surface area contributed by atoms with Crippen molar-refractivity contribution in [3.05, 3.63) is 0 Å². The average Bonchev–Trinajstić information content (AvgIpc) is 2.96. The van der Waals surface area contributed by atoms with E-state index in [1.165, 1.54) is 0 Å². The normalized spacial score (nSPS) is 24.9. The molecule has 21 heavy (non-hydrogen) atoms. The van der Waals surface area contributed by atoms with Crippen LogP contribution in [0.1, 0.15) is 39.0 Å². The summed E-state index contributed by atoms with van der Waals surface area (Å²) >= 11 is 0. The van der Waals surface area contributed by atoms with E-state index in [4.69, 9.17) is 4.74 Å². The fourth-order valence-corrected chi connectivity index (χ4v) is 3.21. The van der Waals surface area contributed by atoms with Crippen molar-refractivity contribution in [2.75, 3.05) is 26.2 Å². The second-order valence-electron chi connectivity index (χ2n) is 5.68. The van der Waals surface area contributed by atoms with Crippen LogP contribution in [-0.2, 0) is 19.1 Å². The van der Waals surface area contributed by atoms with Gasteiger partial charge < -0.3 is 9.53 Å². The molecule has 2 rings (SSSR count). The summed E-state index contributed by atoms with van der Waals surface area (Å²) in [6.45, 7) is 4.53. The smallest absolute Gasteiger partial charge is 0.313 e. The summed E-state index contributed by atoms with van der Waals surface area (Å²) in [6.07, 6.45) is 4.38. The highest BCUT2D eigenvalue weighted by Crippen LogP contribution is 2.25. The van der Waals surface area contributed by atoms with Crippen molar-refractivity contribution < 1.29 is 19.1 Å². The van der Waals surface area contributed by atoms with Crippen molar-refractivity contribution in [1.82, 2.24) is 10.0 Å². The van der Waals surface area contributed by atoms with Gasteiger partial charge in [-0.3, -0.25) is 9.59 Å². The first-order chi connectivity index (χ1) is 10.2. The molecule has 1 atom stereocenters. The standard InChI is InChI=1S/C15H24N2O4/c1-2-21-15(20)10-14(19)12-5-8-16(9-6-12)17-7-3-4-13(17)11-18/h11-13H,2-10H2,1H3/t13-/m0/s1. The first kappa shape index (κ1) is 16.1. The molecule has 118 valence electrons. The lowest BCUT2D eigenvalue weighted by atomic mass is 9.91. The number of ether oxygens (including phenoxy) is 1. The molecule has 0 aromatic heterocycles. The largest absolute Gasteiger partial charge is 0.466 e. The Kier molecular flexibility index (Phi) is 5.87. The Morgan fingerprint density at radius 2 is 1.90 bits per heavy atom. The molecule has 2 aliphatic rings. The average molecular weight is 296 g/mol. The quantitative estimate of drug-likeness (QED) is 0.410. The van der Waals surface area contributed by atoms with Gasteiger partial charge in [0.1, 0.15) is 18.5 Å². The van der Waals surface area contributed by atoms with Crippen LogP contribution >= 0.6 is 0 Å². The minimum Gasteiger partial charge on any atom is -0.466 e. The molecule has 0 aromatic carbocycles. The van der Waals surface area contributed by atoms with E-state index in [0.29, 0.717) is 6.61 Å². The van der Waals surface area contributed by atoms with E-state index in [1.807, 2.05) is 0 Å². The maximum atomic E-state index is 12.0. The highest BCUT2D eigenvalue weighted by molar-refractivity contribution is 5.96. The van der Waals surface area contributed by atoms with E-state index in [9.17, 15) is 14.4 Å². The Bertz CT molecular complexity index is 391. The zero-order valence-electron chi connectivity index (χ0n) is 12.6. The molecule has 0 saturated carbocycles. The number of hydrogen-bond donors (Lipinski definition) is 0. The summed E-state index contributed by atoms with van der Waals surface area (Å²) in [7, 11) is 0. The molecule has 0 N–H and O–H groups in total. The lowest BCUT2D eigenvalue weighted by Gasteiger charge is -2.39. The molecule has 0 bridgehead atoms. The molecule has 0 unspecified atom stereocenters. The Morgan fingerprint density at radius 1 is 1.19 bits per heavy atom. The van der Waals surface area contributed by atoms with Gasteiger partial charge in [0.15, 0.2) is 0 Å². The molecule has 2 fully saturated rings. The number of hydrazine groups is 1. The second kappa shape index (κ2) is 7.66. The molecule has 6 nitrogen and oxygen atoms in total. The third kappa shape index (κ3) is 4.11. The van der Waals surface area contributed by atoms with Crippen LogP contribution in [0.2, 0.25) is 0 Å². The van der Waals surface area contributed by atoms with Gasteiger partial charge in [-0.05, 0) is 32.6 Å². The van der Waals surface area contributed by atoms with Gasteiger partial charge in [-0.1, -0.05) is 0 Å². The molecule has 2 aliphatic heterocycles. The van der Waals surface area contributed by atoms with Crippen LogP contribution in [-0.4, -0.2) is 60.3 Å². The number of rotatable bonds is 6. The summed E-state index contributed by atoms with van der Waals surface area (Å²) < 4.78 is 4.82. The fraction of sp³-hybridized carbons (Fsp3) is 0.800. The third-order valence-corrected chi connectivity index (χ3v) is 4.34. The van der Waals surface area contributed by atoms with E-state index in [2.05, 4.69) is 10.0 Å². The summed E-state index contributed by atoms with van der Waals surface area (Å²) in [6, 6.07) is -0.00298. The number of carbonyl (C=O) groups is 3. The predicted octanol–water partition coefficient (Wildman–Crippen LogP) is 0.799. The molecular weight excluding hydrogens is 272 g/mol. The van der Waals surface area contributed by atoms with Crippen molar-refractivity contribution in [1.29, 1.82) is 0 Å². The van der Waals surface area contributed by atoms with Gasteiger partial charge in [-0.25, -0.2) is 10.0 Å². The summed E-state index contributed by atoms with van der Waals surface area (Å²) in [5.74, 6) is -0.491. The highest BCUT2D eigenvalue weighted by Gasteiger charge is 2.33. The molecule has 0 radical (unpaired) electrons. The maximum absolute atomic E-state index is 12.0. The number of ketones is 1. The summed E-state index contributed by atoms with van der Waals surface area (Å²) in [5.41, 5.74) is 0. The number of piperidine rings is 1. The Balaban J connectivity index is 1.79. The van der Waals surface area contributed by atoms with Crippen molar-refractivity contribution in [3.63, 3.8) is 0 Å². The van der Waals surface area contributed by atoms with Crippen LogP contribution in [0.4, 0.5) is 0 Å². The maximum Gasteiger partial charge on any atom is 0.313 e. The van der Waals surface area contributed by atoms with Crippen LogP contribution in [0.25, 0.3) is 0 Å². The van der Waals surface area contributed by atoms with E-state index < -0.39 is 5.97 Å². The van der Waals surface area contributed by atoms with Crippen molar-refractivity contribution in [2.45, 2.75) is 45.1 Å². The van der Waals surface area contributed by atoms with E-state index >= 15 is 0 Å². The molecule has 0 aromatic rings. The van der Waals surface area contributed by atoms with Gasteiger partial charge in [0, 0.05) is 25.6 Å². The SMILES string of the molecule is CCOC(=O)CC(=O)C1CCN(N2CCC[C@H]2C=O)CC1. The molecule has 6 heteroatoms. The Hall–Kier alpha value is -1.27. The van der Waals surface area contributed by atoms with Crippen LogP contribution in [0, 0.1) is 5.92 Å². The minimum atomic E-state index is -0.425. The zero-order valence-corrected chi connectivity index (χ0v) is 12.6. The number of hydrogen-bond acceptors (Lipinski definition) is 6. The molecule has 0 spiro atoms. The minimum absolute atomic E-state index is 0.00298. The van der Waals surface area contributed by atoms with Gasteiger partial charge >= 0.3 is 5.97 Å². The topological polar surface area (TPSA) is 66.9 Å². The van der Waals surface area contributed by atoms with Crippen molar-refractivity contribution >= 4 is 18.0 Å². The lowest BCUT2D eigenvalue weighted by molar-refractivity contribution is -0.147. The summed E-state index contributed by atoms with van der Waals surface area (Å²) in [5, 5.41) is 4.33. The predicted molar refractivity (Wildman–Crippen MR) is 76.3 cm³/mol. The van der Waals surface area contributed by atoms with E-state index in [-0.39, 0.29) is 24.2 Å². The third-order valence-electron chi connectivity index (χ3n) is 4.34. The number of aldehydes is 1. The first-order valence-electron chi connectivity index (χ1n) is 7.80. The van der Waals surface area contributed by atoms with Gasteiger partial charge in [-0.15, -0.1) is 0 Å². The van der Waals surface area contributed by atoms with Crippen LogP contribution in [0.15, 0.2) is 0 Å². The highest BCUT2D eigenvalue weighted by atomic mass is 16.5. The Labute approximate surface area is 125 Å². The molecule has 0 amide bonds. The van der Waals surface area contributed by atoms with E-state index in [0.717, 1.165) is 51.6 Å². The van der Waals surface area contributed by atoms with Crippen molar-refractivity contribution in [2.24, 2.45) is 5.92 Å². The molecule has 0 aliphatic carbocycles. The van der Waals surface area contributed by atoms with E-state index in [1.54, 1.807) is 6.92 Å². The van der Waals surface area contributed by atoms with Crippen LogP contribution in [0.3, 0.4) is 0 Å². The molecule has 2 saturated heterocycles. The van der Waals surface area contributed by atoms with Crippen LogP contribution < -0.4 is 0 Å². The lowest BCUT2D eigenvalue weighted by Crippen LogP contribution is -2.50. The van der Waals surface area contributed by atoms with Gasteiger partial charge in [0.25, 0.3) is 0 Å². The zero-order chi connectivity index (χ0) is 15.2. The summed E-state index contributed by atoms with van der Waals surface area (Å²) in [4.78, 5) is 34.4. The number of Topliss-reactive ketones (excluding diaryl/α,β-unsaturated/α-hetero) is 1. The van der Waals surface area contributed by atoms with Gasteiger partial charge in [0.05, 0.1) is 12.6 Å². The monoisotopic (exact) mass is 296 g/mol. The van der Waals surface area contributed by atoms with Crippen LogP contribution in [0.5, 0.6) is 0 Å². The molecule has 2 heterocycles. The number of esters is 1.